The highest BCUT2D eigenvalue weighted by molar-refractivity contribution is 5.83. The fraction of sp³-hybridized carbons (Fsp3) is 0.579. The lowest BCUT2D eigenvalue weighted by molar-refractivity contribution is -0.129. The summed E-state index contributed by atoms with van der Waals surface area (Å²) in [5.74, 6) is -8.69. The SMILES string of the molecule is O=C(CC12CC3CC(CC(C3)C1)C2)N/N=C/c1c(F)c(F)c(F)c(F)c1F. The molecule has 27 heavy (non-hydrogen) atoms. The molecule has 0 spiro atoms. The largest absolute Gasteiger partial charge is 0.273 e. The van der Waals surface area contributed by atoms with Crippen LogP contribution in [0.3, 0.4) is 0 Å². The van der Waals surface area contributed by atoms with Crippen LogP contribution in [0.15, 0.2) is 5.10 Å². The molecule has 4 fully saturated rings. The molecule has 1 amide bonds. The Labute approximate surface area is 153 Å². The summed E-state index contributed by atoms with van der Waals surface area (Å²) < 4.78 is 66.5. The molecule has 1 aromatic rings. The van der Waals surface area contributed by atoms with E-state index >= 15 is 0 Å². The zero-order valence-electron chi connectivity index (χ0n) is 14.5. The lowest BCUT2D eigenvalue weighted by atomic mass is 9.49. The maximum atomic E-state index is 13.6. The van der Waals surface area contributed by atoms with E-state index < -0.39 is 40.6 Å². The zero-order valence-corrected chi connectivity index (χ0v) is 14.5. The second-order valence-corrected chi connectivity index (χ2v) is 8.37. The van der Waals surface area contributed by atoms with Crippen LogP contribution in [-0.4, -0.2) is 12.1 Å². The first-order valence-electron chi connectivity index (χ1n) is 9.11. The number of rotatable bonds is 4. The molecule has 8 heteroatoms. The number of nitrogens with zero attached hydrogens (tertiary/aromatic N) is 1. The Morgan fingerprint density at radius 2 is 1.33 bits per heavy atom. The average molecular weight is 386 g/mol. The van der Waals surface area contributed by atoms with Crippen molar-refractivity contribution in [1.29, 1.82) is 0 Å². The Bertz CT molecular complexity index is 759. The number of benzene rings is 1. The molecule has 1 aromatic carbocycles. The second-order valence-electron chi connectivity index (χ2n) is 8.37. The molecule has 1 N–H and O–H groups in total. The van der Waals surface area contributed by atoms with Gasteiger partial charge in [0.25, 0.3) is 0 Å². The summed E-state index contributed by atoms with van der Waals surface area (Å²) in [7, 11) is 0. The van der Waals surface area contributed by atoms with Crippen molar-refractivity contribution in [3.8, 4) is 0 Å². The summed E-state index contributed by atoms with van der Waals surface area (Å²) >= 11 is 0. The van der Waals surface area contributed by atoms with Crippen molar-refractivity contribution in [2.45, 2.75) is 44.9 Å². The smallest absolute Gasteiger partial charge is 0.240 e. The van der Waals surface area contributed by atoms with Crippen LogP contribution in [-0.2, 0) is 4.79 Å². The van der Waals surface area contributed by atoms with Crippen molar-refractivity contribution in [3.05, 3.63) is 34.6 Å². The van der Waals surface area contributed by atoms with Crippen LogP contribution in [0.25, 0.3) is 0 Å². The van der Waals surface area contributed by atoms with E-state index in [1.54, 1.807) is 0 Å². The molecule has 146 valence electrons. The minimum Gasteiger partial charge on any atom is -0.273 e. The molecule has 0 radical (unpaired) electrons. The number of amides is 1. The number of hydrogen-bond donors (Lipinski definition) is 1. The molecule has 4 bridgehead atoms. The molecule has 4 aliphatic rings. The van der Waals surface area contributed by atoms with E-state index in [0.29, 0.717) is 24.0 Å². The third-order valence-corrected chi connectivity index (χ3v) is 6.33. The second kappa shape index (κ2) is 6.56. The van der Waals surface area contributed by atoms with Crippen LogP contribution < -0.4 is 5.43 Å². The van der Waals surface area contributed by atoms with E-state index in [9.17, 15) is 26.7 Å². The van der Waals surface area contributed by atoms with Gasteiger partial charge in [0.2, 0.25) is 11.7 Å². The monoisotopic (exact) mass is 386 g/mol. The third kappa shape index (κ3) is 3.23. The van der Waals surface area contributed by atoms with Crippen LogP contribution in [0.2, 0.25) is 0 Å². The van der Waals surface area contributed by atoms with Gasteiger partial charge in [-0.3, -0.25) is 4.79 Å². The summed E-state index contributed by atoms with van der Waals surface area (Å²) in [6.45, 7) is 0. The number of halogens is 5. The maximum Gasteiger partial charge on any atom is 0.240 e. The molecular formula is C19H19F5N2O. The van der Waals surface area contributed by atoms with Crippen molar-refractivity contribution in [2.75, 3.05) is 0 Å². The summed E-state index contributed by atoms with van der Waals surface area (Å²) in [6.07, 6.45) is 7.45. The zero-order chi connectivity index (χ0) is 19.3. The van der Waals surface area contributed by atoms with Gasteiger partial charge in [-0.2, -0.15) is 5.10 Å². The van der Waals surface area contributed by atoms with Crippen molar-refractivity contribution in [3.63, 3.8) is 0 Å². The van der Waals surface area contributed by atoms with E-state index in [4.69, 9.17) is 0 Å². The van der Waals surface area contributed by atoms with E-state index in [0.717, 1.165) is 19.3 Å². The Morgan fingerprint density at radius 3 is 1.81 bits per heavy atom. The van der Waals surface area contributed by atoms with Crippen LogP contribution >= 0.6 is 0 Å². The standard InChI is InChI=1S/C19H19F5N2O/c20-14-12(15(21)17(23)18(24)16(14)22)8-25-26-13(27)7-19-4-9-1-10(5-19)3-11(2-9)6-19/h8-11H,1-7H2,(H,26,27)/b25-8+. The van der Waals surface area contributed by atoms with E-state index in [1.807, 2.05) is 0 Å². The van der Waals surface area contributed by atoms with Gasteiger partial charge in [0.15, 0.2) is 23.3 Å². The normalized spacial score (nSPS) is 31.7. The molecular weight excluding hydrogens is 367 g/mol. The van der Waals surface area contributed by atoms with Gasteiger partial charge < -0.3 is 0 Å². The average Bonchev–Trinajstić information content (AvgIpc) is 2.59. The van der Waals surface area contributed by atoms with Gasteiger partial charge >= 0.3 is 0 Å². The third-order valence-electron chi connectivity index (χ3n) is 6.33. The molecule has 4 saturated carbocycles. The highest BCUT2D eigenvalue weighted by Crippen LogP contribution is 2.61. The molecule has 5 rings (SSSR count). The maximum absolute atomic E-state index is 13.6. The first-order valence-corrected chi connectivity index (χ1v) is 9.11. The highest BCUT2D eigenvalue weighted by Gasteiger charge is 2.51. The van der Waals surface area contributed by atoms with Crippen molar-refractivity contribution in [2.24, 2.45) is 28.3 Å². The molecule has 0 aliphatic heterocycles. The number of hydrazone groups is 1. The number of carbonyl (C=O) groups is 1. The quantitative estimate of drug-likeness (QED) is 0.269. The van der Waals surface area contributed by atoms with Gasteiger partial charge in [-0.1, -0.05) is 0 Å². The Morgan fingerprint density at radius 1 is 0.889 bits per heavy atom. The number of carbonyl (C=O) groups excluding carboxylic acids is 1. The predicted molar refractivity (Wildman–Crippen MR) is 87.2 cm³/mol. The van der Waals surface area contributed by atoms with Crippen LogP contribution in [0.4, 0.5) is 22.0 Å². The van der Waals surface area contributed by atoms with Gasteiger partial charge in [0.1, 0.15) is 0 Å². The van der Waals surface area contributed by atoms with Crippen molar-refractivity contribution < 1.29 is 26.7 Å². The minimum absolute atomic E-state index is 0.0427. The van der Waals surface area contributed by atoms with Crippen LogP contribution in [0.5, 0.6) is 0 Å². The highest BCUT2D eigenvalue weighted by atomic mass is 19.2. The Balaban J connectivity index is 1.43. The fourth-order valence-corrected chi connectivity index (χ4v) is 5.79. The summed E-state index contributed by atoms with van der Waals surface area (Å²) in [4.78, 5) is 12.3. The van der Waals surface area contributed by atoms with Gasteiger partial charge in [0.05, 0.1) is 11.8 Å². The Hall–Kier alpha value is -1.99. The van der Waals surface area contributed by atoms with Gasteiger partial charge in [0, 0.05) is 6.42 Å². The van der Waals surface area contributed by atoms with Crippen molar-refractivity contribution >= 4 is 12.1 Å². The molecule has 0 aromatic heterocycles. The fourth-order valence-electron chi connectivity index (χ4n) is 5.79. The summed E-state index contributed by atoms with van der Waals surface area (Å²) in [6, 6.07) is 0. The van der Waals surface area contributed by atoms with Crippen LogP contribution in [0, 0.1) is 52.3 Å². The first kappa shape index (κ1) is 18.4. The molecule has 4 aliphatic carbocycles. The lowest BCUT2D eigenvalue weighted by Gasteiger charge is -2.56. The van der Waals surface area contributed by atoms with E-state index in [2.05, 4.69) is 10.5 Å². The summed E-state index contributed by atoms with van der Waals surface area (Å²) in [5.41, 5.74) is 0.951. The lowest BCUT2D eigenvalue weighted by Crippen LogP contribution is -2.47. The van der Waals surface area contributed by atoms with E-state index in [-0.39, 0.29) is 11.8 Å². The number of nitrogens with one attached hydrogen (secondary N) is 1. The van der Waals surface area contributed by atoms with Gasteiger partial charge in [-0.05, 0) is 61.7 Å². The Kier molecular flexibility index (Phi) is 4.47. The van der Waals surface area contributed by atoms with Gasteiger partial charge in [-0.15, -0.1) is 0 Å². The molecule has 0 heterocycles. The molecule has 3 nitrogen and oxygen atoms in total. The number of hydrogen-bond acceptors (Lipinski definition) is 2. The molecule has 0 atom stereocenters. The first-order chi connectivity index (χ1) is 12.8. The van der Waals surface area contributed by atoms with E-state index in [1.165, 1.54) is 19.3 Å². The topological polar surface area (TPSA) is 41.5 Å². The van der Waals surface area contributed by atoms with Gasteiger partial charge in [-0.25, -0.2) is 27.4 Å². The predicted octanol–water partition coefficient (Wildman–Crippen LogP) is 4.44. The minimum atomic E-state index is -2.23. The van der Waals surface area contributed by atoms with Crippen molar-refractivity contribution in [1.82, 2.24) is 5.43 Å². The molecule has 0 unspecified atom stereocenters. The summed E-state index contributed by atoms with van der Waals surface area (Å²) in [5, 5.41) is 3.41. The molecule has 0 saturated heterocycles. The van der Waals surface area contributed by atoms with Crippen LogP contribution in [0.1, 0.15) is 50.5 Å².